The molecule has 2 atom stereocenters. The molecule has 1 N–H and O–H groups in total. The largest absolute Gasteiger partial charge is 0.314 e. The molecule has 1 aromatic carbocycles. The molecule has 1 aromatic rings. The van der Waals surface area contributed by atoms with Gasteiger partial charge in [0.2, 0.25) is 0 Å². The monoisotopic (exact) mass is 267 g/mol. The molecule has 0 heterocycles. The highest BCUT2D eigenvalue weighted by atomic mass is 19.1. The Bertz CT molecular complexity index is 417. The third kappa shape index (κ3) is 4.00. The summed E-state index contributed by atoms with van der Waals surface area (Å²) in [4.78, 5) is 0. The standard InChI is InChI=1S/C16H23F2N/c1-11(2)19-10-14-5-3-4-12(14)8-13-6-7-15(17)9-16(13)18/h6-7,9,11-12,14,19H,3-5,8,10H2,1-2H3. The lowest BCUT2D eigenvalue weighted by molar-refractivity contribution is 0.350. The molecule has 3 heteroatoms. The predicted octanol–water partition coefficient (Wildman–Crippen LogP) is 3.92. The summed E-state index contributed by atoms with van der Waals surface area (Å²) < 4.78 is 26.6. The van der Waals surface area contributed by atoms with Crippen molar-refractivity contribution in [2.75, 3.05) is 6.54 Å². The molecular weight excluding hydrogens is 244 g/mol. The van der Waals surface area contributed by atoms with Gasteiger partial charge in [0.05, 0.1) is 0 Å². The van der Waals surface area contributed by atoms with Crippen LogP contribution in [0.25, 0.3) is 0 Å². The average molecular weight is 267 g/mol. The van der Waals surface area contributed by atoms with Crippen molar-refractivity contribution in [1.29, 1.82) is 0 Å². The summed E-state index contributed by atoms with van der Waals surface area (Å²) in [5.74, 6) is 0.242. The second-order valence-corrected chi connectivity index (χ2v) is 5.95. The Morgan fingerprint density at radius 1 is 1.21 bits per heavy atom. The lowest BCUT2D eigenvalue weighted by Crippen LogP contribution is -2.31. The van der Waals surface area contributed by atoms with Crippen molar-refractivity contribution in [2.24, 2.45) is 11.8 Å². The van der Waals surface area contributed by atoms with Gasteiger partial charge in [-0.2, -0.15) is 0 Å². The molecular formula is C16H23F2N. The highest BCUT2D eigenvalue weighted by Crippen LogP contribution is 2.34. The average Bonchev–Trinajstić information content (AvgIpc) is 2.77. The van der Waals surface area contributed by atoms with Crippen molar-refractivity contribution < 1.29 is 8.78 Å². The van der Waals surface area contributed by atoms with E-state index in [1.807, 2.05) is 0 Å². The van der Waals surface area contributed by atoms with Crippen molar-refractivity contribution in [3.05, 3.63) is 35.4 Å². The molecule has 1 saturated carbocycles. The van der Waals surface area contributed by atoms with Gasteiger partial charge < -0.3 is 5.32 Å². The minimum absolute atomic E-state index is 0.400. The van der Waals surface area contributed by atoms with E-state index in [2.05, 4.69) is 19.2 Å². The first kappa shape index (κ1) is 14.4. The van der Waals surface area contributed by atoms with E-state index in [1.54, 1.807) is 6.07 Å². The zero-order valence-corrected chi connectivity index (χ0v) is 11.8. The fourth-order valence-corrected chi connectivity index (χ4v) is 3.01. The maximum atomic E-state index is 13.7. The Kier molecular flexibility index (Phi) is 4.92. The molecule has 1 aliphatic carbocycles. The van der Waals surface area contributed by atoms with Crippen LogP contribution in [-0.2, 0) is 6.42 Å². The first-order valence-electron chi connectivity index (χ1n) is 7.23. The number of halogens is 2. The molecule has 0 bridgehead atoms. The van der Waals surface area contributed by atoms with Crippen molar-refractivity contribution in [2.45, 2.75) is 45.6 Å². The Hall–Kier alpha value is -0.960. The van der Waals surface area contributed by atoms with Gasteiger partial charge in [-0.05, 0) is 49.3 Å². The number of nitrogens with one attached hydrogen (secondary N) is 1. The highest BCUT2D eigenvalue weighted by Gasteiger charge is 2.27. The van der Waals surface area contributed by atoms with Crippen LogP contribution >= 0.6 is 0 Å². The van der Waals surface area contributed by atoms with Crippen LogP contribution in [0.15, 0.2) is 18.2 Å². The van der Waals surface area contributed by atoms with E-state index in [0.29, 0.717) is 23.4 Å². The van der Waals surface area contributed by atoms with Crippen molar-refractivity contribution >= 4 is 0 Å². The van der Waals surface area contributed by atoms with Gasteiger partial charge in [0.25, 0.3) is 0 Å². The molecule has 0 spiro atoms. The molecule has 1 nitrogen and oxygen atoms in total. The second-order valence-electron chi connectivity index (χ2n) is 5.95. The molecule has 2 rings (SSSR count). The van der Waals surface area contributed by atoms with Crippen molar-refractivity contribution in [1.82, 2.24) is 5.32 Å². The van der Waals surface area contributed by atoms with Crippen LogP contribution in [0, 0.1) is 23.5 Å². The molecule has 19 heavy (non-hydrogen) atoms. The summed E-state index contributed by atoms with van der Waals surface area (Å²) in [5.41, 5.74) is 0.655. The number of hydrogen-bond acceptors (Lipinski definition) is 1. The van der Waals surface area contributed by atoms with E-state index in [-0.39, 0.29) is 0 Å². The molecule has 0 aromatic heterocycles. The third-order valence-electron chi connectivity index (χ3n) is 4.10. The molecule has 2 unspecified atom stereocenters. The van der Waals surface area contributed by atoms with E-state index in [0.717, 1.165) is 25.5 Å². The zero-order valence-electron chi connectivity index (χ0n) is 11.8. The maximum absolute atomic E-state index is 13.7. The van der Waals surface area contributed by atoms with Crippen LogP contribution in [0.1, 0.15) is 38.7 Å². The minimum Gasteiger partial charge on any atom is -0.314 e. The highest BCUT2D eigenvalue weighted by molar-refractivity contribution is 5.19. The molecule has 1 fully saturated rings. The SMILES string of the molecule is CC(C)NCC1CCCC1Cc1ccc(F)cc1F. The molecule has 0 aliphatic heterocycles. The first-order chi connectivity index (χ1) is 9.06. The fraction of sp³-hybridized carbons (Fsp3) is 0.625. The van der Waals surface area contributed by atoms with Crippen LogP contribution < -0.4 is 5.32 Å². The number of rotatable bonds is 5. The van der Waals surface area contributed by atoms with Crippen LogP contribution in [-0.4, -0.2) is 12.6 Å². The topological polar surface area (TPSA) is 12.0 Å². The van der Waals surface area contributed by atoms with Gasteiger partial charge in [0, 0.05) is 12.1 Å². The van der Waals surface area contributed by atoms with Gasteiger partial charge in [-0.15, -0.1) is 0 Å². The number of benzene rings is 1. The summed E-state index contributed by atoms with van der Waals surface area (Å²) >= 11 is 0. The van der Waals surface area contributed by atoms with Gasteiger partial charge in [-0.1, -0.05) is 26.3 Å². The van der Waals surface area contributed by atoms with Crippen LogP contribution in [0.5, 0.6) is 0 Å². The first-order valence-corrected chi connectivity index (χ1v) is 7.23. The van der Waals surface area contributed by atoms with E-state index in [1.165, 1.54) is 18.9 Å². The summed E-state index contributed by atoms with van der Waals surface area (Å²) in [6, 6.07) is 4.43. The summed E-state index contributed by atoms with van der Waals surface area (Å²) in [7, 11) is 0. The molecule has 106 valence electrons. The molecule has 0 amide bonds. The van der Waals surface area contributed by atoms with Crippen LogP contribution in [0.3, 0.4) is 0 Å². The lowest BCUT2D eigenvalue weighted by atomic mass is 9.89. The summed E-state index contributed by atoms with van der Waals surface area (Å²) in [6.07, 6.45) is 4.32. The zero-order chi connectivity index (χ0) is 13.8. The Balaban J connectivity index is 1.97. The quantitative estimate of drug-likeness (QED) is 0.852. The van der Waals surface area contributed by atoms with Crippen LogP contribution in [0.2, 0.25) is 0 Å². The van der Waals surface area contributed by atoms with Gasteiger partial charge in [-0.25, -0.2) is 8.78 Å². The van der Waals surface area contributed by atoms with E-state index in [9.17, 15) is 8.78 Å². The molecule has 1 aliphatic rings. The smallest absolute Gasteiger partial charge is 0.129 e. The van der Waals surface area contributed by atoms with Crippen LogP contribution in [0.4, 0.5) is 8.78 Å². The summed E-state index contributed by atoms with van der Waals surface area (Å²) in [6.45, 7) is 5.29. The van der Waals surface area contributed by atoms with Crippen molar-refractivity contribution in [3.63, 3.8) is 0 Å². The Morgan fingerprint density at radius 3 is 2.63 bits per heavy atom. The van der Waals surface area contributed by atoms with E-state index >= 15 is 0 Å². The molecule has 0 radical (unpaired) electrons. The van der Waals surface area contributed by atoms with E-state index < -0.39 is 11.6 Å². The predicted molar refractivity (Wildman–Crippen MR) is 74.0 cm³/mol. The Labute approximate surface area is 114 Å². The number of hydrogen-bond donors (Lipinski definition) is 1. The maximum Gasteiger partial charge on any atom is 0.129 e. The van der Waals surface area contributed by atoms with Gasteiger partial charge in [0.1, 0.15) is 11.6 Å². The molecule has 0 saturated heterocycles. The van der Waals surface area contributed by atoms with Crippen molar-refractivity contribution in [3.8, 4) is 0 Å². The van der Waals surface area contributed by atoms with Gasteiger partial charge in [-0.3, -0.25) is 0 Å². The van der Waals surface area contributed by atoms with Gasteiger partial charge in [0.15, 0.2) is 0 Å². The van der Waals surface area contributed by atoms with Gasteiger partial charge >= 0.3 is 0 Å². The third-order valence-corrected chi connectivity index (χ3v) is 4.10. The Morgan fingerprint density at radius 2 is 1.95 bits per heavy atom. The van der Waals surface area contributed by atoms with E-state index in [4.69, 9.17) is 0 Å². The lowest BCUT2D eigenvalue weighted by Gasteiger charge is -2.21. The second kappa shape index (κ2) is 6.47. The minimum atomic E-state index is -0.495. The summed E-state index contributed by atoms with van der Waals surface area (Å²) in [5, 5.41) is 3.47. The normalized spacial score (nSPS) is 23.2. The fourth-order valence-electron chi connectivity index (χ4n) is 3.01.